The summed E-state index contributed by atoms with van der Waals surface area (Å²) in [7, 11) is -4.08. The van der Waals surface area contributed by atoms with Gasteiger partial charge in [0.1, 0.15) is 6.54 Å². The fourth-order valence-electron chi connectivity index (χ4n) is 4.47. The molecule has 3 aromatic rings. The van der Waals surface area contributed by atoms with Crippen LogP contribution in [0.5, 0.6) is 0 Å². The molecular weight excluding hydrogens is 503 g/mol. The summed E-state index contributed by atoms with van der Waals surface area (Å²) < 4.78 is 28.1. The van der Waals surface area contributed by atoms with Crippen molar-refractivity contribution in [3.8, 4) is 0 Å². The Balaban J connectivity index is 1.62. The largest absolute Gasteiger partial charge is 0.348 e. The van der Waals surface area contributed by atoms with E-state index in [9.17, 15) is 13.2 Å². The first-order chi connectivity index (χ1) is 16.8. The molecule has 0 fully saturated rings. The first kappa shape index (κ1) is 25.5. The predicted molar refractivity (Wildman–Crippen MR) is 142 cm³/mol. The minimum atomic E-state index is -4.08. The molecule has 3 aromatic carbocycles. The van der Waals surface area contributed by atoms with E-state index in [2.05, 4.69) is 23.5 Å². The zero-order valence-electron chi connectivity index (χ0n) is 19.5. The van der Waals surface area contributed by atoms with Crippen molar-refractivity contribution in [1.29, 1.82) is 0 Å². The van der Waals surface area contributed by atoms with Crippen LogP contribution in [0.15, 0.2) is 71.6 Å². The maximum absolute atomic E-state index is 13.6. The number of halogens is 2. The van der Waals surface area contributed by atoms with Gasteiger partial charge in [0.05, 0.1) is 26.7 Å². The molecule has 1 aliphatic rings. The van der Waals surface area contributed by atoms with Gasteiger partial charge in [-0.2, -0.15) is 0 Å². The minimum absolute atomic E-state index is 0.0607. The summed E-state index contributed by atoms with van der Waals surface area (Å²) in [5.74, 6) is -0.426. The number of carbonyl (C=O) groups is 1. The quantitative estimate of drug-likeness (QED) is 0.369. The van der Waals surface area contributed by atoms with E-state index in [4.69, 9.17) is 23.2 Å². The maximum Gasteiger partial charge on any atom is 0.264 e. The number of carbonyl (C=O) groups excluding carboxylic acids is 1. The summed E-state index contributed by atoms with van der Waals surface area (Å²) in [5.41, 5.74) is 3.89. The lowest BCUT2D eigenvalue weighted by molar-refractivity contribution is -0.120. The van der Waals surface area contributed by atoms with E-state index >= 15 is 0 Å². The number of hydrogen-bond acceptors (Lipinski definition) is 3. The number of nitrogens with one attached hydrogen (secondary N) is 1. The van der Waals surface area contributed by atoms with E-state index in [0.717, 1.165) is 22.7 Å². The van der Waals surface area contributed by atoms with Gasteiger partial charge < -0.3 is 5.32 Å². The highest BCUT2D eigenvalue weighted by atomic mass is 35.5. The number of nitrogens with zero attached hydrogens (tertiary/aromatic N) is 1. The van der Waals surface area contributed by atoms with Crippen molar-refractivity contribution in [1.82, 2.24) is 5.32 Å². The van der Waals surface area contributed by atoms with Crippen molar-refractivity contribution < 1.29 is 13.2 Å². The summed E-state index contributed by atoms with van der Waals surface area (Å²) >= 11 is 12.6. The van der Waals surface area contributed by atoms with Crippen LogP contribution >= 0.6 is 23.2 Å². The molecule has 5 nitrogen and oxygen atoms in total. The zero-order valence-corrected chi connectivity index (χ0v) is 21.8. The summed E-state index contributed by atoms with van der Waals surface area (Å²) in [6.07, 6.45) is 5.19. The number of amides is 1. The Labute approximate surface area is 217 Å². The number of sulfonamides is 1. The van der Waals surface area contributed by atoms with Crippen LogP contribution in [0.25, 0.3) is 0 Å². The van der Waals surface area contributed by atoms with Crippen LogP contribution in [-0.2, 0) is 27.7 Å². The van der Waals surface area contributed by atoms with Crippen LogP contribution in [0.1, 0.15) is 48.9 Å². The van der Waals surface area contributed by atoms with Crippen molar-refractivity contribution in [2.75, 3.05) is 10.8 Å². The van der Waals surface area contributed by atoms with E-state index in [1.807, 2.05) is 6.92 Å². The molecule has 1 amide bonds. The van der Waals surface area contributed by atoms with Gasteiger partial charge in [-0.05, 0) is 73.1 Å². The molecule has 0 radical (unpaired) electrons. The normalized spacial score (nSPS) is 14.1. The monoisotopic (exact) mass is 530 g/mol. The molecule has 0 saturated carbocycles. The summed E-state index contributed by atoms with van der Waals surface area (Å²) in [6.45, 7) is 1.56. The minimum Gasteiger partial charge on any atom is -0.348 e. The molecule has 8 heteroatoms. The van der Waals surface area contributed by atoms with Gasteiger partial charge in [-0.3, -0.25) is 9.10 Å². The van der Waals surface area contributed by atoms with Crippen LogP contribution in [0.2, 0.25) is 10.0 Å². The van der Waals surface area contributed by atoms with Crippen LogP contribution < -0.4 is 9.62 Å². The van der Waals surface area contributed by atoms with E-state index in [1.165, 1.54) is 36.1 Å². The fraction of sp³-hybridized carbons (Fsp3) is 0.296. The number of aryl methyl sites for hydroxylation is 2. The molecule has 0 saturated heterocycles. The average Bonchev–Trinajstić information content (AvgIpc) is 2.88. The molecule has 35 heavy (non-hydrogen) atoms. The van der Waals surface area contributed by atoms with Gasteiger partial charge in [0.15, 0.2) is 0 Å². The second kappa shape index (κ2) is 11.0. The first-order valence-corrected chi connectivity index (χ1v) is 13.9. The van der Waals surface area contributed by atoms with E-state index in [-0.39, 0.29) is 26.7 Å². The van der Waals surface area contributed by atoms with Gasteiger partial charge in [-0.15, -0.1) is 0 Å². The molecule has 0 unspecified atom stereocenters. The lowest BCUT2D eigenvalue weighted by atomic mass is 9.89. The van der Waals surface area contributed by atoms with Crippen LogP contribution in [0, 0.1) is 0 Å². The summed E-state index contributed by atoms with van der Waals surface area (Å²) in [6, 6.07) is 18.8. The molecule has 1 atom stereocenters. The van der Waals surface area contributed by atoms with Crippen molar-refractivity contribution >= 4 is 44.8 Å². The highest BCUT2D eigenvalue weighted by Gasteiger charge is 2.30. The van der Waals surface area contributed by atoms with Gasteiger partial charge in [-0.1, -0.05) is 72.6 Å². The highest BCUT2D eigenvalue weighted by Crippen LogP contribution is 2.35. The van der Waals surface area contributed by atoms with Gasteiger partial charge >= 0.3 is 0 Å². The highest BCUT2D eigenvalue weighted by molar-refractivity contribution is 7.92. The number of anilines is 1. The van der Waals surface area contributed by atoms with Crippen molar-refractivity contribution in [3.63, 3.8) is 0 Å². The van der Waals surface area contributed by atoms with Crippen molar-refractivity contribution in [2.45, 2.75) is 50.0 Å². The van der Waals surface area contributed by atoms with Crippen molar-refractivity contribution in [2.24, 2.45) is 0 Å². The topological polar surface area (TPSA) is 66.5 Å². The second-order valence-corrected chi connectivity index (χ2v) is 11.3. The van der Waals surface area contributed by atoms with Crippen molar-refractivity contribution in [3.05, 3.63) is 93.5 Å². The Morgan fingerprint density at radius 2 is 1.69 bits per heavy atom. The number of rotatable bonds is 8. The number of benzene rings is 3. The van der Waals surface area contributed by atoms with Crippen LogP contribution in [0.4, 0.5) is 5.69 Å². The molecule has 0 heterocycles. The molecule has 0 aromatic heterocycles. The Bertz CT molecular complexity index is 1310. The molecule has 0 bridgehead atoms. The fourth-order valence-corrected chi connectivity index (χ4v) is 6.37. The molecule has 184 valence electrons. The molecule has 0 aliphatic heterocycles. The Kier molecular flexibility index (Phi) is 8.05. The summed E-state index contributed by atoms with van der Waals surface area (Å²) in [5, 5.41) is 3.31. The first-order valence-electron chi connectivity index (χ1n) is 11.7. The molecule has 1 aliphatic carbocycles. The Hall–Kier alpha value is -2.54. The molecular formula is C27H28Cl2N2O3S. The standard InChI is InChI=1S/C27H28Cl2N2O3S/c1-2-24(21-16-15-19-9-6-7-10-20(19)17-21)30-26(32)18-31(25-14-8-13-23(28)27(25)29)35(33,34)22-11-4-3-5-12-22/h3-5,8,11-17,24H,2,6-7,9-10,18H2,1H3,(H,30,32)/t24-/m0/s1. The SMILES string of the molecule is CC[C@H](NC(=O)CN(c1cccc(Cl)c1Cl)S(=O)(=O)c1ccccc1)c1ccc2c(c1)CCCC2. The lowest BCUT2D eigenvalue weighted by Gasteiger charge is -2.27. The third kappa shape index (κ3) is 5.66. The average molecular weight is 532 g/mol. The van der Waals surface area contributed by atoms with Gasteiger partial charge in [-0.25, -0.2) is 8.42 Å². The maximum atomic E-state index is 13.6. The van der Waals surface area contributed by atoms with E-state index in [1.54, 1.807) is 36.4 Å². The summed E-state index contributed by atoms with van der Waals surface area (Å²) in [4.78, 5) is 13.3. The van der Waals surface area contributed by atoms with Gasteiger partial charge in [0.25, 0.3) is 10.0 Å². The Morgan fingerprint density at radius 1 is 0.971 bits per heavy atom. The third-order valence-corrected chi connectivity index (χ3v) is 8.92. The number of hydrogen-bond donors (Lipinski definition) is 1. The smallest absolute Gasteiger partial charge is 0.264 e. The molecule has 0 spiro atoms. The molecule has 4 rings (SSSR count). The number of fused-ring (bicyclic) bond motifs is 1. The van der Waals surface area contributed by atoms with Gasteiger partial charge in [0, 0.05) is 0 Å². The van der Waals surface area contributed by atoms with Gasteiger partial charge in [0.2, 0.25) is 5.91 Å². The second-order valence-electron chi connectivity index (χ2n) is 8.66. The van der Waals surface area contributed by atoms with Crippen LogP contribution in [-0.4, -0.2) is 20.9 Å². The van der Waals surface area contributed by atoms with E-state index in [0.29, 0.717) is 6.42 Å². The Morgan fingerprint density at radius 3 is 2.40 bits per heavy atom. The lowest BCUT2D eigenvalue weighted by Crippen LogP contribution is -2.42. The third-order valence-electron chi connectivity index (χ3n) is 6.34. The molecule has 1 N–H and O–H groups in total. The van der Waals surface area contributed by atoms with Crippen LogP contribution in [0.3, 0.4) is 0 Å². The van der Waals surface area contributed by atoms with E-state index < -0.39 is 22.5 Å². The predicted octanol–water partition coefficient (Wildman–Crippen LogP) is 6.34. The zero-order chi connectivity index (χ0) is 25.0.